The molecule has 1 N–H and O–H groups in total. The van der Waals surface area contributed by atoms with Crippen molar-refractivity contribution in [2.45, 2.75) is 19.3 Å². The maximum Gasteiger partial charge on any atom is 0.0991 e. The number of aliphatic hydroxyl groups is 1. The van der Waals surface area contributed by atoms with E-state index >= 15 is 0 Å². The van der Waals surface area contributed by atoms with Gasteiger partial charge in [-0.3, -0.25) is 0 Å². The second-order valence-corrected chi connectivity index (χ2v) is 4.63. The van der Waals surface area contributed by atoms with Crippen molar-refractivity contribution in [3.05, 3.63) is 29.8 Å². The Labute approximate surface area is 102 Å². The summed E-state index contributed by atoms with van der Waals surface area (Å²) in [6, 6.07) is 9.89. The third-order valence-electron chi connectivity index (χ3n) is 3.42. The molecular formula is C14H18N2O. The van der Waals surface area contributed by atoms with Crippen molar-refractivity contribution >= 4 is 5.69 Å². The molecule has 90 valence electrons. The predicted octanol–water partition coefficient (Wildman–Crippen LogP) is 2.16. The summed E-state index contributed by atoms with van der Waals surface area (Å²) in [6.07, 6.45) is 3.30. The van der Waals surface area contributed by atoms with Crippen LogP contribution in [-0.2, 0) is 0 Å². The predicted molar refractivity (Wildman–Crippen MR) is 67.8 cm³/mol. The van der Waals surface area contributed by atoms with Crippen molar-refractivity contribution in [2.24, 2.45) is 5.92 Å². The molecule has 3 heteroatoms. The smallest absolute Gasteiger partial charge is 0.0991 e. The van der Waals surface area contributed by atoms with Crippen LogP contribution in [0.15, 0.2) is 24.3 Å². The molecule has 1 atom stereocenters. The number of piperidine rings is 1. The van der Waals surface area contributed by atoms with Crippen LogP contribution in [0, 0.1) is 17.2 Å². The minimum atomic E-state index is 0.284. The molecule has 1 fully saturated rings. The molecule has 0 bridgehead atoms. The van der Waals surface area contributed by atoms with E-state index in [4.69, 9.17) is 10.4 Å². The average molecular weight is 230 g/mol. The second kappa shape index (κ2) is 5.70. The Kier molecular flexibility index (Phi) is 4.00. The van der Waals surface area contributed by atoms with Crippen LogP contribution in [0.2, 0.25) is 0 Å². The molecule has 0 spiro atoms. The lowest BCUT2D eigenvalue weighted by atomic mass is 9.95. The van der Waals surface area contributed by atoms with Gasteiger partial charge in [-0.2, -0.15) is 5.26 Å². The molecule has 2 rings (SSSR count). The summed E-state index contributed by atoms with van der Waals surface area (Å²) in [5.41, 5.74) is 1.89. The van der Waals surface area contributed by atoms with E-state index in [-0.39, 0.29) is 6.61 Å². The lowest BCUT2D eigenvalue weighted by Gasteiger charge is -2.34. The molecule has 1 aromatic carbocycles. The van der Waals surface area contributed by atoms with E-state index < -0.39 is 0 Å². The van der Waals surface area contributed by atoms with E-state index in [0.717, 1.165) is 19.5 Å². The Bertz CT molecular complexity index is 392. The van der Waals surface area contributed by atoms with Crippen LogP contribution in [0.25, 0.3) is 0 Å². The fourth-order valence-corrected chi connectivity index (χ4v) is 2.46. The molecule has 0 saturated carbocycles. The monoisotopic (exact) mass is 230 g/mol. The average Bonchev–Trinajstić information content (AvgIpc) is 2.40. The Balaban J connectivity index is 2.03. The maximum atomic E-state index is 8.99. The third-order valence-corrected chi connectivity index (χ3v) is 3.42. The first-order valence-corrected chi connectivity index (χ1v) is 6.19. The molecule has 1 aliphatic heterocycles. The summed E-state index contributed by atoms with van der Waals surface area (Å²) in [5.74, 6) is 0.601. The zero-order chi connectivity index (χ0) is 12.1. The van der Waals surface area contributed by atoms with Crippen LogP contribution >= 0.6 is 0 Å². The normalized spacial score (nSPS) is 20.0. The Morgan fingerprint density at radius 2 is 2.12 bits per heavy atom. The lowest BCUT2D eigenvalue weighted by molar-refractivity contribution is 0.244. The minimum Gasteiger partial charge on any atom is -0.396 e. The SMILES string of the molecule is N#Cc1ccc(N2CCCC(CCO)C2)cc1. The molecule has 17 heavy (non-hydrogen) atoms. The van der Waals surface area contributed by atoms with Crippen LogP contribution in [0.1, 0.15) is 24.8 Å². The summed E-state index contributed by atoms with van der Waals surface area (Å²) in [7, 11) is 0. The summed E-state index contributed by atoms with van der Waals surface area (Å²) in [5, 5.41) is 17.7. The highest BCUT2D eigenvalue weighted by molar-refractivity contribution is 5.49. The molecule has 0 aliphatic carbocycles. The molecule has 1 unspecified atom stereocenters. The quantitative estimate of drug-likeness (QED) is 0.865. The largest absolute Gasteiger partial charge is 0.396 e. The first-order chi connectivity index (χ1) is 8.33. The number of hydrogen-bond acceptors (Lipinski definition) is 3. The van der Waals surface area contributed by atoms with E-state index in [1.165, 1.54) is 18.5 Å². The van der Waals surface area contributed by atoms with Gasteiger partial charge in [-0.05, 0) is 49.4 Å². The molecular weight excluding hydrogens is 212 g/mol. The first-order valence-electron chi connectivity index (χ1n) is 6.19. The van der Waals surface area contributed by atoms with Gasteiger partial charge in [0.05, 0.1) is 11.6 Å². The summed E-state index contributed by atoms with van der Waals surface area (Å²) in [4.78, 5) is 2.35. The Morgan fingerprint density at radius 1 is 1.35 bits per heavy atom. The summed E-state index contributed by atoms with van der Waals surface area (Å²) in [6.45, 7) is 2.38. The van der Waals surface area contributed by atoms with E-state index in [2.05, 4.69) is 11.0 Å². The highest BCUT2D eigenvalue weighted by Crippen LogP contribution is 2.24. The molecule has 3 nitrogen and oxygen atoms in total. The van der Waals surface area contributed by atoms with Gasteiger partial charge in [-0.15, -0.1) is 0 Å². The molecule has 1 aromatic rings. The number of nitriles is 1. The standard InChI is InChI=1S/C14H18N2O/c15-10-12-3-5-14(6-4-12)16-8-1-2-13(11-16)7-9-17/h3-6,13,17H,1-2,7-9,11H2. The fourth-order valence-electron chi connectivity index (χ4n) is 2.46. The number of nitrogens with zero attached hydrogens (tertiary/aromatic N) is 2. The van der Waals surface area contributed by atoms with Crippen molar-refractivity contribution in [1.29, 1.82) is 5.26 Å². The number of anilines is 1. The van der Waals surface area contributed by atoms with Gasteiger partial charge in [0.2, 0.25) is 0 Å². The van der Waals surface area contributed by atoms with Crippen molar-refractivity contribution in [1.82, 2.24) is 0 Å². The van der Waals surface area contributed by atoms with Crippen LogP contribution in [-0.4, -0.2) is 24.8 Å². The Hall–Kier alpha value is -1.53. The second-order valence-electron chi connectivity index (χ2n) is 4.63. The van der Waals surface area contributed by atoms with Crippen LogP contribution < -0.4 is 4.90 Å². The Morgan fingerprint density at radius 3 is 2.76 bits per heavy atom. The number of hydrogen-bond donors (Lipinski definition) is 1. The summed E-state index contributed by atoms with van der Waals surface area (Å²) < 4.78 is 0. The van der Waals surface area contributed by atoms with Gasteiger partial charge in [0, 0.05) is 25.4 Å². The van der Waals surface area contributed by atoms with Crippen LogP contribution in [0.5, 0.6) is 0 Å². The van der Waals surface area contributed by atoms with E-state index in [9.17, 15) is 0 Å². The number of aliphatic hydroxyl groups excluding tert-OH is 1. The van der Waals surface area contributed by atoms with Gasteiger partial charge < -0.3 is 10.0 Å². The van der Waals surface area contributed by atoms with Gasteiger partial charge in [0.1, 0.15) is 0 Å². The van der Waals surface area contributed by atoms with Crippen molar-refractivity contribution in [3.8, 4) is 6.07 Å². The fraction of sp³-hybridized carbons (Fsp3) is 0.500. The van der Waals surface area contributed by atoms with Crippen LogP contribution in [0.4, 0.5) is 5.69 Å². The van der Waals surface area contributed by atoms with E-state index in [1.54, 1.807) is 0 Å². The number of benzene rings is 1. The maximum absolute atomic E-state index is 8.99. The summed E-state index contributed by atoms with van der Waals surface area (Å²) >= 11 is 0. The molecule has 0 aromatic heterocycles. The zero-order valence-electron chi connectivity index (χ0n) is 9.97. The van der Waals surface area contributed by atoms with Crippen molar-refractivity contribution < 1.29 is 5.11 Å². The van der Waals surface area contributed by atoms with E-state index in [0.29, 0.717) is 11.5 Å². The topological polar surface area (TPSA) is 47.3 Å². The van der Waals surface area contributed by atoms with Gasteiger partial charge in [0.15, 0.2) is 0 Å². The van der Waals surface area contributed by atoms with Crippen molar-refractivity contribution in [3.63, 3.8) is 0 Å². The first kappa shape index (κ1) is 11.9. The van der Waals surface area contributed by atoms with Gasteiger partial charge in [-0.25, -0.2) is 0 Å². The number of rotatable bonds is 3. The third kappa shape index (κ3) is 2.98. The minimum absolute atomic E-state index is 0.284. The zero-order valence-corrected chi connectivity index (χ0v) is 9.97. The molecule has 1 heterocycles. The molecule has 1 saturated heterocycles. The molecule has 1 aliphatic rings. The van der Waals surface area contributed by atoms with Gasteiger partial charge in [0.25, 0.3) is 0 Å². The van der Waals surface area contributed by atoms with Crippen molar-refractivity contribution in [2.75, 3.05) is 24.6 Å². The lowest BCUT2D eigenvalue weighted by Crippen LogP contribution is -2.35. The van der Waals surface area contributed by atoms with Crippen LogP contribution in [0.3, 0.4) is 0 Å². The van der Waals surface area contributed by atoms with Gasteiger partial charge >= 0.3 is 0 Å². The van der Waals surface area contributed by atoms with Gasteiger partial charge in [-0.1, -0.05) is 0 Å². The molecule has 0 amide bonds. The van der Waals surface area contributed by atoms with E-state index in [1.807, 2.05) is 24.3 Å². The molecule has 0 radical (unpaired) electrons. The highest BCUT2D eigenvalue weighted by atomic mass is 16.3. The highest BCUT2D eigenvalue weighted by Gasteiger charge is 2.19.